The number of aromatic nitrogens is 1. The fraction of sp³-hybridized carbons (Fsp3) is 0.111. The van der Waals surface area contributed by atoms with Crippen LogP contribution in [0.2, 0.25) is 5.15 Å². The zero-order valence-electron chi connectivity index (χ0n) is 18.2. The smallest absolute Gasteiger partial charge is 0.341 e. The summed E-state index contributed by atoms with van der Waals surface area (Å²) in [6.45, 7) is 0. The zero-order valence-corrected chi connectivity index (χ0v) is 19.0. The predicted octanol–water partition coefficient (Wildman–Crippen LogP) is 5.88. The van der Waals surface area contributed by atoms with Gasteiger partial charge in [-0.2, -0.15) is 0 Å². The summed E-state index contributed by atoms with van der Waals surface area (Å²) in [4.78, 5) is 26.0. The molecule has 3 aromatic carbocycles. The van der Waals surface area contributed by atoms with Crippen molar-refractivity contribution in [3.8, 4) is 5.69 Å². The molecule has 5 nitrogen and oxygen atoms in total. The molecule has 1 heterocycles. The highest BCUT2D eigenvalue weighted by Gasteiger charge is 2.37. The average Bonchev–Trinajstić information content (AvgIpc) is 3.17. The summed E-state index contributed by atoms with van der Waals surface area (Å²) in [5, 5.41) is 0.0836. The Morgan fingerprint density at radius 1 is 0.697 bits per heavy atom. The van der Waals surface area contributed by atoms with Crippen LogP contribution in [0.1, 0.15) is 43.5 Å². The highest BCUT2D eigenvalue weighted by Crippen LogP contribution is 2.41. The molecule has 0 saturated heterocycles. The molecule has 6 heteroatoms. The number of halogens is 1. The van der Waals surface area contributed by atoms with Crippen molar-refractivity contribution >= 4 is 23.5 Å². The number of nitrogens with zero attached hydrogens (tertiary/aromatic N) is 1. The van der Waals surface area contributed by atoms with Crippen LogP contribution in [0.15, 0.2) is 91.0 Å². The number of hydrogen-bond donors (Lipinski definition) is 0. The van der Waals surface area contributed by atoms with Gasteiger partial charge in [-0.05, 0) is 23.3 Å². The lowest BCUT2D eigenvalue weighted by Gasteiger charge is -2.23. The van der Waals surface area contributed by atoms with E-state index in [1.54, 1.807) is 4.57 Å². The SMILES string of the molecule is COC(=O)c1c(C(=O)OC)c(C(c2ccccc2)c2ccccc2)n(-c2ccccc2)c1Cl. The Balaban J connectivity index is 2.17. The van der Waals surface area contributed by atoms with E-state index >= 15 is 0 Å². The van der Waals surface area contributed by atoms with Crippen molar-refractivity contribution in [3.05, 3.63) is 124 Å². The second-order valence-corrected chi connectivity index (χ2v) is 7.69. The molecule has 0 atom stereocenters. The number of methoxy groups -OCH3 is 2. The third-order valence-corrected chi connectivity index (χ3v) is 5.84. The first-order chi connectivity index (χ1) is 16.1. The maximum atomic E-state index is 13.1. The van der Waals surface area contributed by atoms with Crippen LogP contribution >= 0.6 is 11.6 Å². The maximum Gasteiger partial charge on any atom is 0.341 e. The molecule has 0 aliphatic heterocycles. The summed E-state index contributed by atoms with van der Waals surface area (Å²) in [6.07, 6.45) is 0. The summed E-state index contributed by atoms with van der Waals surface area (Å²) in [5.41, 5.74) is 3.14. The molecule has 1 aromatic heterocycles. The quantitative estimate of drug-likeness (QED) is 0.338. The predicted molar refractivity (Wildman–Crippen MR) is 127 cm³/mol. The number of para-hydroxylation sites is 1. The fourth-order valence-corrected chi connectivity index (χ4v) is 4.42. The number of hydrogen-bond acceptors (Lipinski definition) is 4. The number of rotatable bonds is 6. The molecule has 0 amide bonds. The van der Waals surface area contributed by atoms with Crippen LogP contribution in [-0.4, -0.2) is 30.7 Å². The minimum atomic E-state index is -0.712. The third kappa shape index (κ3) is 4.15. The van der Waals surface area contributed by atoms with Crippen LogP contribution < -0.4 is 0 Å². The number of carbonyl (C=O) groups is 2. The van der Waals surface area contributed by atoms with Crippen molar-refractivity contribution in [1.82, 2.24) is 4.57 Å². The van der Waals surface area contributed by atoms with Gasteiger partial charge in [0.15, 0.2) is 0 Å². The van der Waals surface area contributed by atoms with Gasteiger partial charge in [0, 0.05) is 5.69 Å². The molecule has 0 radical (unpaired) electrons. The van der Waals surface area contributed by atoms with Crippen molar-refractivity contribution in [2.45, 2.75) is 5.92 Å². The first-order valence-electron chi connectivity index (χ1n) is 10.3. The lowest BCUT2D eigenvalue weighted by Crippen LogP contribution is -2.16. The second-order valence-electron chi connectivity index (χ2n) is 7.33. The monoisotopic (exact) mass is 459 g/mol. The van der Waals surface area contributed by atoms with Gasteiger partial charge in [-0.1, -0.05) is 90.5 Å². The molecule has 0 saturated carbocycles. The molecule has 166 valence electrons. The molecule has 0 spiro atoms. The van der Waals surface area contributed by atoms with Crippen molar-refractivity contribution in [1.29, 1.82) is 0 Å². The largest absolute Gasteiger partial charge is 0.465 e. The Morgan fingerprint density at radius 3 is 1.58 bits per heavy atom. The number of esters is 2. The van der Waals surface area contributed by atoms with Crippen LogP contribution in [-0.2, 0) is 9.47 Å². The van der Waals surface area contributed by atoms with Gasteiger partial charge in [0.05, 0.1) is 31.4 Å². The van der Waals surface area contributed by atoms with Crippen LogP contribution in [0.3, 0.4) is 0 Å². The normalized spacial score (nSPS) is 10.8. The van der Waals surface area contributed by atoms with Crippen molar-refractivity contribution < 1.29 is 19.1 Å². The number of ether oxygens (including phenoxy) is 2. The molecule has 4 rings (SSSR count). The van der Waals surface area contributed by atoms with E-state index in [1.165, 1.54) is 14.2 Å². The fourth-order valence-electron chi connectivity index (χ4n) is 4.06. The van der Waals surface area contributed by atoms with E-state index in [-0.39, 0.29) is 16.3 Å². The van der Waals surface area contributed by atoms with Gasteiger partial charge < -0.3 is 14.0 Å². The van der Waals surface area contributed by atoms with E-state index in [0.29, 0.717) is 11.4 Å². The standard InChI is InChI=1S/C27H22ClNO4/c1-32-26(30)22-23(27(31)33-2)25(28)29(20-16-10-5-11-17-20)24(22)21(18-12-6-3-7-13-18)19-14-8-4-9-15-19/h3-17,21H,1-2H3. The molecule has 0 aliphatic rings. The maximum absolute atomic E-state index is 13.1. The zero-order chi connectivity index (χ0) is 23.4. The number of benzene rings is 3. The van der Waals surface area contributed by atoms with Gasteiger partial charge in [0.2, 0.25) is 0 Å². The van der Waals surface area contributed by atoms with E-state index in [4.69, 9.17) is 21.1 Å². The molecule has 33 heavy (non-hydrogen) atoms. The highest BCUT2D eigenvalue weighted by atomic mass is 35.5. The van der Waals surface area contributed by atoms with E-state index in [2.05, 4.69) is 0 Å². The summed E-state index contributed by atoms with van der Waals surface area (Å²) >= 11 is 6.82. The lowest BCUT2D eigenvalue weighted by atomic mass is 9.86. The van der Waals surface area contributed by atoms with Crippen LogP contribution in [0.4, 0.5) is 0 Å². The van der Waals surface area contributed by atoms with E-state index in [9.17, 15) is 9.59 Å². The summed E-state index contributed by atoms with van der Waals surface area (Å²) < 4.78 is 11.8. The van der Waals surface area contributed by atoms with Crippen molar-refractivity contribution in [2.75, 3.05) is 14.2 Å². The Labute approximate surface area is 197 Å². The molecule has 0 unspecified atom stereocenters. The Kier molecular flexibility index (Phi) is 6.61. The molecule has 0 N–H and O–H groups in total. The molecule has 0 fully saturated rings. The third-order valence-electron chi connectivity index (χ3n) is 5.48. The van der Waals surface area contributed by atoms with Gasteiger partial charge in [-0.3, -0.25) is 0 Å². The minimum absolute atomic E-state index is 0.0262. The van der Waals surface area contributed by atoms with Crippen LogP contribution in [0.5, 0.6) is 0 Å². The van der Waals surface area contributed by atoms with Gasteiger partial charge in [-0.15, -0.1) is 0 Å². The van der Waals surface area contributed by atoms with Gasteiger partial charge in [0.25, 0.3) is 0 Å². The lowest BCUT2D eigenvalue weighted by molar-refractivity contribution is 0.0555. The van der Waals surface area contributed by atoms with Gasteiger partial charge >= 0.3 is 11.9 Å². The van der Waals surface area contributed by atoms with E-state index < -0.39 is 17.9 Å². The average molecular weight is 460 g/mol. The van der Waals surface area contributed by atoms with E-state index in [0.717, 1.165) is 11.1 Å². The van der Waals surface area contributed by atoms with E-state index in [1.807, 2.05) is 91.0 Å². The molecular weight excluding hydrogens is 438 g/mol. The molecule has 0 bridgehead atoms. The topological polar surface area (TPSA) is 57.5 Å². The first-order valence-corrected chi connectivity index (χ1v) is 10.7. The molecule has 0 aliphatic carbocycles. The summed E-state index contributed by atoms with van der Waals surface area (Å²) in [5.74, 6) is -1.80. The number of carbonyl (C=O) groups excluding carboxylic acids is 2. The van der Waals surface area contributed by atoms with Crippen molar-refractivity contribution in [3.63, 3.8) is 0 Å². The second kappa shape index (κ2) is 9.76. The summed E-state index contributed by atoms with van der Waals surface area (Å²) in [6, 6.07) is 28.8. The molecular formula is C27H22ClNO4. The summed E-state index contributed by atoms with van der Waals surface area (Å²) in [7, 11) is 2.53. The Bertz CT molecular complexity index is 1230. The Morgan fingerprint density at radius 2 is 1.12 bits per heavy atom. The highest BCUT2D eigenvalue weighted by molar-refractivity contribution is 6.34. The van der Waals surface area contributed by atoms with Crippen LogP contribution in [0, 0.1) is 0 Å². The Hall–Kier alpha value is -3.83. The van der Waals surface area contributed by atoms with Crippen molar-refractivity contribution in [2.24, 2.45) is 0 Å². The van der Waals surface area contributed by atoms with Crippen LogP contribution in [0.25, 0.3) is 5.69 Å². The van der Waals surface area contributed by atoms with Gasteiger partial charge in [0.1, 0.15) is 10.7 Å². The first kappa shape index (κ1) is 22.4. The minimum Gasteiger partial charge on any atom is -0.465 e. The molecule has 4 aromatic rings. The van der Waals surface area contributed by atoms with Gasteiger partial charge in [-0.25, -0.2) is 9.59 Å².